The van der Waals surface area contributed by atoms with E-state index in [0.29, 0.717) is 27.0 Å². The largest absolute Gasteiger partial charge is 0.496 e. The van der Waals surface area contributed by atoms with E-state index in [1.54, 1.807) is 25.3 Å². The highest BCUT2D eigenvalue weighted by atomic mass is 35.5. The number of ether oxygens (including phenoxy) is 1. The fourth-order valence-electron chi connectivity index (χ4n) is 1.87. The molecule has 1 aromatic carbocycles. The van der Waals surface area contributed by atoms with Crippen molar-refractivity contribution in [1.29, 1.82) is 0 Å². The number of nitrogens with zero attached hydrogens (tertiary/aromatic N) is 1. The quantitative estimate of drug-likeness (QED) is 0.914. The third-order valence-electron chi connectivity index (χ3n) is 2.80. The van der Waals surface area contributed by atoms with Crippen LogP contribution >= 0.6 is 22.9 Å². The van der Waals surface area contributed by atoms with E-state index in [1.165, 1.54) is 0 Å². The lowest BCUT2D eigenvalue weighted by Gasteiger charge is -2.07. The van der Waals surface area contributed by atoms with Crippen molar-refractivity contribution < 1.29 is 14.6 Å². The Bertz CT molecular complexity index is 652. The van der Waals surface area contributed by atoms with Gasteiger partial charge in [0.2, 0.25) is 0 Å². The van der Waals surface area contributed by atoms with Crippen LogP contribution in [0.3, 0.4) is 0 Å². The molecule has 4 nitrogen and oxygen atoms in total. The Morgan fingerprint density at radius 1 is 1.45 bits per heavy atom. The first kappa shape index (κ1) is 14.8. The zero-order valence-electron chi connectivity index (χ0n) is 11.3. The lowest BCUT2D eigenvalue weighted by Crippen LogP contribution is -2.00. The number of thiazole rings is 1. The highest BCUT2D eigenvalue weighted by Gasteiger charge is 2.23. The summed E-state index contributed by atoms with van der Waals surface area (Å²) in [6.07, 6.45) is 0. The maximum atomic E-state index is 11.3. The number of aromatic nitrogens is 1. The summed E-state index contributed by atoms with van der Waals surface area (Å²) in [4.78, 5) is 16.0. The zero-order valence-corrected chi connectivity index (χ0v) is 12.9. The molecule has 0 aliphatic carbocycles. The number of methoxy groups -OCH3 is 1. The van der Waals surface area contributed by atoms with E-state index in [9.17, 15) is 9.90 Å². The lowest BCUT2D eigenvalue weighted by atomic mass is 10.1. The van der Waals surface area contributed by atoms with E-state index in [4.69, 9.17) is 16.3 Å². The zero-order chi connectivity index (χ0) is 14.9. The van der Waals surface area contributed by atoms with Crippen LogP contribution in [-0.2, 0) is 0 Å². The molecule has 2 aromatic rings. The molecule has 2 rings (SSSR count). The van der Waals surface area contributed by atoms with Crippen LogP contribution in [0.4, 0.5) is 0 Å². The van der Waals surface area contributed by atoms with Crippen molar-refractivity contribution in [1.82, 2.24) is 4.98 Å². The second kappa shape index (κ2) is 5.81. The van der Waals surface area contributed by atoms with Gasteiger partial charge in [-0.15, -0.1) is 11.3 Å². The first-order chi connectivity index (χ1) is 9.45. The third-order valence-corrected chi connectivity index (χ3v) is 4.20. The SMILES string of the molecule is COc1cccc(Cl)c1-c1nc(C(C)C)c(C(=O)O)s1. The Morgan fingerprint density at radius 3 is 2.65 bits per heavy atom. The predicted molar refractivity (Wildman–Crippen MR) is 80.2 cm³/mol. The summed E-state index contributed by atoms with van der Waals surface area (Å²) in [6.45, 7) is 3.82. The number of halogens is 1. The average Bonchev–Trinajstić information content (AvgIpc) is 2.83. The molecule has 6 heteroatoms. The van der Waals surface area contributed by atoms with Crippen LogP contribution in [0.15, 0.2) is 18.2 Å². The van der Waals surface area contributed by atoms with Crippen LogP contribution in [0.5, 0.6) is 5.75 Å². The van der Waals surface area contributed by atoms with Gasteiger partial charge >= 0.3 is 5.97 Å². The number of hydrogen-bond donors (Lipinski definition) is 1. The average molecular weight is 312 g/mol. The number of aromatic carboxylic acids is 1. The maximum absolute atomic E-state index is 11.3. The van der Waals surface area contributed by atoms with Gasteiger partial charge in [0.15, 0.2) is 0 Å². The number of carboxylic acid groups (broad SMARTS) is 1. The van der Waals surface area contributed by atoms with Gasteiger partial charge in [-0.25, -0.2) is 9.78 Å². The van der Waals surface area contributed by atoms with Crippen LogP contribution in [0.2, 0.25) is 5.02 Å². The van der Waals surface area contributed by atoms with E-state index in [0.717, 1.165) is 11.3 Å². The highest BCUT2D eigenvalue weighted by Crippen LogP contribution is 2.40. The van der Waals surface area contributed by atoms with Gasteiger partial charge in [0.1, 0.15) is 15.6 Å². The molecule has 0 bridgehead atoms. The van der Waals surface area contributed by atoms with Crippen molar-refractivity contribution in [3.63, 3.8) is 0 Å². The number of rotatable bonds is 4. The molecule has 0 saturated carbocycles. The predicted octanol–water partition coefficient (Wildman–Crippen LogP) is 4.29. The molecule has 0 aliphatic rings. The van der Waals surface area contributed by atoms with Crippen LogP contribution in [0, 0.1) is 0 Å². The van der Waals surface area contributed by atoms with Crippen LogP contribution < -0.4 is 4.74 Å². The summed E-state index contributed by atoms with van der Waals surface area (Å²) in [7, 11) is 1.55. The summed E-state index contributed by atoms with van der Waals surface area (Å²) in [5, 5.41) is 10.3. The van der Waals surface area contributed by atoms with Gasteiger partial charge < -0.3 is 9.84 Å². The molecule has 1 N–H and O–H groups in total. The maximum Gasteiger partial charge on any atom is 0.347 e. The minimum atomic E-state index is -0.969. The van der Waals surface area contributed by atoms with E-state index in [2.05, 4.69) is 4.98 Å². The van der Waals surface area contributed by atoms with Gasteiger partial charge in [-0.3, -0.25) is 0 Å². The number of carboxylic acids is 1. The molecule has 106 valence electrons. The first-order valence-electron chi connectivity index (χ1n) is 6.02. The molecule has 0 radical (unpaired) electrons. The lowest BCUT2D eigenvalue weighted by molar-refractivity contribution is 0.0700. The van der Waals surface area contributed by atoms with Gasteiger partial charge in [0.25, 0.3) is 0 Å². The van der Waals surface area contributed by atoms with E-state index < -0.39 is 5.97 Å². The Morgan fingerprint density at radius 2 is 2.15 bits per heavy atom. The second-order valence-electron chi connectivity index (χ2n) is 4.51. The summed E-state index contributed by atoms with van der Waals surface area (Å²) >= 11 is 7.32. The number of carbonyl (C=O) groups is 1. The molecule has 0 saturated heterocycles. The standard InChI is InChI=1S/C14H14ClNO3S/c1-7(2)11-12(14(17)18)20-13(16-11)10-8(15)5-4-6-9(10)19-3/h4-7H,1-3H3,(H,17,18). The monoisotopic (exact) mass is 311 g/mol. The summed E-state index contributed by atoms with van der Waals surface area (Å²) in [6, 6.07) is 5.29. The Balaban J connectivity index is 2.65. The van der Waals surface area contributed by atoms with Crippen LogP contribution in [0.25, 0.3) is 10.6 Å². The van der Waals surface area contributed by atoms with E-state index in [1.807, 2.05) is 13.8 Å². The van der Waals surface area contributed by atoms with Gasteiger partial charge in [-0.05, 0) is 18.1 Å². The molecule has 0 fully saturated rings. The topological polar surface area (TPSA) is 59.4 Å². The van der Waals surface area contributed by atoms with Gasteiger partial charge in [-0.1, -0.05) is 31.5 Å². The normalized spacial score (nSPS) is 10.8. The fraction of sp³-hybridized carbons (Fsp3) is 0.286. The van der Waals surface area contributed by atoms with Crippen molar-refractivity contribution in [2.24, 2.45) is 0 Å². The molecular formula is C14H14ClNO3S. The van der Waals surface area contributed by atoms with Crippen molar-refractivity contribution >= 4 is 28.9 Å². The van der Waals surface area contributed by atoms with Gasteiger partial charge in [-0.2, -0.15) is 0 Å². The smallest absolute Gasteiger partial charge is 0.347 e. The molecule has 1 heterocycles. The molecule has 0 amide bonds. The number of benzene rings is 1. The van der Waals surface area contributed by atoms with E-state index >= 15 is 0 Å². The molecule has 0 unspecified atom stereocenters. The van der Waals surface area contributed by atoms with Crippen LogP contribution in [0.1, 0.15) is 35.1 Å². The molecule has 1 aromatic heterocycles. The van der Waals surface area contributed by atoms with Gasteiger partial charge in [0.05, 0.1) is 23.4 Å². The highest BCUT2D eigenvalue weighted by molar-refractivity contribution is 7.17. The van der Waals surface area contributed by atoms with Crippen molar-refractivity contribution in [3.8, 4) is 16.3 Å². The molecular weight excluding hydrogens is 298 g/mol. The van der Waals surface area contributed by atoms with Crippen molar-refractivity contribution in [2.75, 3.05) is 7.11 Å². The number of hydrogen-bond acceptors (Lipinski definition) is 4. The Labute approximate surface area is 126 Å². The Hall–Kier alpha value is -1.59. The van der Waals surface area contributed by atoms with E-state index in [-0.39, 0.29) is 10.8 Å². The minimum absolute atomic E-state index is 0.0274. The van der Waals surface area contributed by atoms with Gasteiger partial charge in [0, 0.05) is 0 Å². The minimum Gasteiger partial charge on any atom is -0.496 e. The fourth-order valence-corrected chi connectivity index (χ4v) is 3.30. The molecule has 0 spiro atoms. The second-order valence-corrected chi connectivity index (χ2v) is 5.92. The molecule has 0 atom stereocenters. The summed E-state index contributed by atoms with van der Waals surface area (Å²) in [5.41, 5.74) is 1.20. The summed E-state index contributed by atoms with van der Waals surface area (Å²) < 4.78 is 5.29. The van der Waals surface area contributed by atoms with Crippen LogP contribution in [-0.4, -0.2) is 23.2 Å². The third kappa shape index (κ3) is 2.64. The van der Waals surface area contributed by atoms with Crippen molar-refractivity contribution in [3.05, 3.63) is 33.8 Å². The summed E-state index contributed by atoms with van der Waals surface area (Å²) in [5.74, 6) is -0.360. The molecule has 0 aliphatic heterocycles. The molecule has 20 heavy (non-hydrogen) atoms. The Kier molecular flexibility index (Phi) is 4.30. The first-order valence-corrected chi connectivity index (χ1v) is 7.22. The van der Waals surface area contributed by atoms with Crippen molar-refractivity contribution in [2.45, 2.75) is 19.8 Å².